The first-order valence-corrected chi connectivity index (χ1v) is 19.7. The number of sulfonamides is 3. The minimum atomic E-state index is -4.80. The maximum Gasteiger partial charge on any atom is 0.341 e. The number of phenols is 3. The summed E-state index contributed by atoms with van der Waals surface area (Å²) in [4.78, 5) is 34.4. The van der Waals surface area contributed by atoms with E-state index in [1.54, 1.807) is 0 Å². The lowest BCUT2D eigenvalue weighted by molar-refractivity contribution is 0.0588. The Morgan fingerprint density at radius 2 is 0.836 bits per heavy atom. The SMILES string of the molecule is COC(=O)c1cc(NS(=O)(=O)c2ccc3c(S(=O)(=O)Nc4ccc(O)c(C(=O)OC)c4)cc(S(=O)(=O)Nc4ccc(O)c(C(=O)OC)c4)cc3c2)ccc1O. The van der Waals surface area contributed by atoms with Gasteiger partial charge in [0, 0.05) is 22.4 Å². The van der Waals surface area contributed by atoms with Gasteiger partial charge in [0.15, 0.2) is 0 Å². The normalized spacial score (nSPS) is 11.7. The number of rotatable bonds is 12. The van der Waals surface area contributed by atoms with Crippen molar-refractivity contribution in [1.29, 1.82) is 0 Å². The molecular weight excluding hydrogens is 787 g/mol. The molecule has 0 heterocycles. The van der Waals surface area contributed by atoms with Crippen LogP contribution in [0.5, 0.6) is 17.2 Å². The summed E-state index contributed by atoms with van der Waals surface area (Å²) in [6.45, 7) is 0. The lowest BCUT2D eigenvalue weighted by Crippen LogP contribution is -2.18. The Morgan fingerprint density at radius 1 is 0.473 bits per heavy atom. The van der Waals surface area contributed by atoms with Crippen LogP contribution in [0.25, 0.3) is 10.8 Å². The third-order valence-electron chi connectivity index (χ3n) is 7.73. The van der Waals surface area contributed by atoms with E-state index in [-0.39, 0.29) is 33.4 Å². The number of aromatic hydroxyl groups is 3. The summed E-state index contributed by atoms with van der Waals surface area (Å²) in [7, 11) is -11.0. The van der Waals surface area contributed by atoms with Crippen molar-refractivity contribution in [2.24, 2.45) is 0 Å². The van der Waals surface area contributed by atoms with Crippen LogP contribution in [0.3, 0.4) is 0 Å². The molecule has 5 aromatic rings. The van der Waals surface area contributed by atoms with Crippen LogP contribution >= 0.6 is 0 Å². The van der Waals surface area contributed by atoms with E-state index in [4.69, 9.17) is 0 Å². The van der Waals surface area contributed by atoms with Crippen molar-refractivity contribution in [3.63, 3.8) is 0 Å². The summed E-state index contributed by atoms with van der Waals surface area (Å²) in [5.41, 5.74) is -1.83. The topological polar surface area (TPSA) is 278 Å². The van der Waals surface area contributed by atoms with E-state index < -0.39 is 91.0 Å². The van der Waals surface area contributed by atoms with Crippen LogP contribution in [0, 0.1) is 0 Å². The second-order valence-corrected chi connectivity index (χ2v) is 16.3. The van der Waals surface area contributed by atoms with Gasteiger partial charge in [0.1, 0.15) is 33.9 Å². The Bertz CT molecular complexity index is 2730. The van der Waals surface area contributed by atoms with E-state index in [2.05, 4.69) is 28.4 Å². The van der Waals surface area contributed by atoms with E-state index in [1.165, 1.54) is 0 Å². The van der Waals surface area contributed by atoms with E-state index >= 15 is 0 Å². The number of methoxy groups -OCH3 is 3. The second kappa shape index (κ2) is 15.0. The van der Waals surface area contributed by atoms with Gasteiger partial charge in [-0.3, -0.25) is 14.2 Å². The minimum Gasteiger partial charge on any atom is -0.507 e. The fourth-order valence-corrected chi connectivity index (χ4v) is 8.66. The van der Waals surface area contributed by atoms with Crippen molar-refractivity contribution in [2.75, 3.05) is 35.5 Å². The zero-order chi connectivity index (χ0) is 40.5. The van der Waals surface area contributed by atoms with E-state index in [0.29, 0.717) is 0 Å². The first-order chi connectivity index (χ1) is 25.8. The quantitative estimate of drug-likeness (QED) is 0.0595. The van der Waals surface area contributed by atoms with Crippen molar-refractivity contribution in [2.45, 2.75) is 14.7 Å². The number of carbonyl (C=O) groups excluding carboxylic acids is 3. The van der Waals surface area contributed by atoms with E-state index in [1.807, 2.05) is 0 Å². The third-order valence-corrected chi connectivity index (χ3v) is 11.9. The molecule has 288 valence electrons. The fourth-order valence-electron chi connectivity index (χ4n) is 5.09. The average Bonchev–Trinajstić information content (AvgIpc) is 3.15. The Hall–Kier alpha value is -6.58. The Morgan fingerprint density at radius 3 is 1.24 bits per heavy atom. The first kappa shape index (κ1) is 39.6. The molecule has 0 atom stereocenters. The maximum atomic E-state index is 14.0. The third kappa shape index (κ3) is 8.32. The van der Waals surface area contributed by atoms with Gasteiger partial charge in [-0.05, 0) is 84.2 Å². The lowest BCUT2D eigenvalue weighted by Gasteiger charge is -2.16. The molecule has 0 aliphatic heterocycles. The van der Waals surface area contributed by atoms with Crippen molar-refractivity contribution in [1.82, 2.24) is 0 Å². The van der Waals surface area contributed by atoms with Crippen molar-refractivity contribution < 1.29 is 69.2 Å². The van der Waals surface area contributed by atoms with Crippen LogP contribution in [-0.2, 0) is 44.3 Å². The monoisotopic (exact) mass is 815 g/mol. The highest BCUT2D eigenvalue weighted by atomic mass is 32.2. The van der Waals surface area contributed by atoms with Crippen molar-refractivity contribution in [3.05, 3.63) is 102 Å². The fraction of sp³-hybridized carbons (Fsp3) is 0.0882. The summed E-state index contributed by atoms with van der Waals surface area (Å²) in [6, 6.07) is 14.2. The summed E-state index contributed by atoms with van der Waals surface area (Å²) >= 11 is 0. The summed E-state index contributed by atoms with van der Waals surface area (Å²) in [5.74, 6) is -4.50. The molecule has 0 spiro atoms. The molecule has 6 N–H and O–H groups in total. The van der Waals surface area contributed by atoms with Gasteiger partial charge in [-0.1, -0.05) is 6.07 Å². The predicted octanol–water partition coefficient (Wildman–Crippen LogP) is 3.72. The summed E-state index contributed by atoms with van der Waals surface area (Å²) < 4.78 is 103. The molecule has 0 radical (unpaired) electrons. The minimum absolute atomic E-state index is 0.174. The number of ether oxygens (including phenoxy) is 3. The van der Waals surface area contributed by atoms with Gasteiger partial charge in [-0.2, -0.15) is 0 Å². The van der Waals surface area contributed by atoms with Crippen molar-refractivity contribution >= 4 is 75.8 Å². The van der Waals surface area contributed by atoms with Gasteiger partial charge in [0.2, 0.25) is 0 Å². The van der Waals surface area contributed by atoms with Crippen LogP contribution in [-0.4, -0.2) is 79.8 Å². The average molecular weight is 816 g/mol. The molecule has 0 fully saturated rings. The number of hydrogen-bond donors (Lipinski definition) is 6. The molecule has 0 aliphatic rings. The van der Waals surface area contributed by atoms with Gasteiger partial charge in [-0.25, -0.2) is 39.6 Å². The number of phenolic OH excluding ortho intramolecular Hbond substituents is 3. The molecule has 18 nitrogen and oxygen atoms in total. The van der Waals surface area contributed by atoms with Gasteiger partial charge >= 0.3 is 17.9 Å². The Kier molecular flexibility index (Phi) is 10.8. The Labute approximate surface area is 313 Å². The molecule has 5 rings (SSSR count). The molecule has 0 saturated carbocycles. The number of nitrogens with one attached hydrogen (secondary N) is 3. The highest BCUT2D eigenvalue weighted by Gasteiger charge is 2.27. The van der Waals surface area contributed by atoms with Crippen LogP contribution in [0.2, 0.25) is 0 Å². The number of carbonyl (C=O) groups is 3. The van der Waals surface area contributed by atoms with E-state index in [0.717, 1.165) is 106 Å². The highest BCUT2D eigenvalue weighted by molar-refractivity contribution is 7.94. The summed E-state index contributed by atoms with van der Waals surface area (Å²) in [6.07, 6.45) is 0. The molecule has 0 bridgehead atoms. The molecule has 0 aromatic heterocycles. The number of esters is 3. The number of fused-ring (bicyclic) bond motifs is 1. The van der Waals surface area contributed by atoms with Crippen LogP contribution in [0.4, 0.5) is 17.1 Å². The maximum absolute atomic E-state index is 14.0. The van der Waals surface area contributed by atoms with Crippen LogP contribution in [0.15, 0.2) is 99.6 Å². The summed E-state index contributed by atoms with van der Waals surface area (Å²) in [5, 5.41) is 29.8. The number of anilines is 3. The molecule has 0 aliphatic carbocycles. The number of hydrogen-bond acceptors (Lipinski definition) is 15. The van der Waals surface area contributed by atoms with Crippen LogP contribution < -0.4 is 14.2 Å². The molecule has 0 amide bonds. The first-order valence-electron chi connectivity index (χ1n) is 15.2. The highest BCUT2D eigenvalue weighted by Crippen LogP contribution is 2.34. The molecular formula is C34H29N3O15S3. The smallest absolute Gasteiger partial charge is 0.341 e. The van der Waals surface area contributed by atoms with Gasteiger partial charge in [0.25, 0.3) is 30.1 Å². The van der Waals surface area contributed by atoms with Crippen molar-refractivity contribution in [3.8, 4) is 17.2 Å². The second-order valence-electron chi connectivity index (χ2n) is 11.3. The number of benzene rings is 5. The van der Waals surface area contributed by atoms with Gasteiger partial charge in [0.05, 0.1) is 36.0 Å². The molecule has 21 heteroatoms. The molecule has 55 heavy (non-hydrogen) atoms. The zero-order valence-electron chi connectivity index (χ0n) is 28.5. The van der Waals surface area contributed by atoms with Gasteiger partial charge < -0.3 is 29.5 Å². The largest absolute Gasteiger partial charge is 0.507 e. The molecule has 5 aromatic carbocycles. The van der Waals surface area contributed by atoms with E-state index in [9.17, 15) is 55.0 Å². The molecule has 0 unspecified atom stereocenters. The molecule has 0 saturated heterocycles. The Balaban J connectivity index is 1.65. The standard InChI is InChI=1S/C34H29N3O15S3/c1-50-32(41)25-14-19(4-9-28(25)38)35-53(44,45)22-7-8-24-18(12-22)13-23(54(46,47)36-20-5-10-29(39)26(15-20)33(42)51-2)17-31(24)55(48,49)37-21-6-11-30(40)27(16-21)34(43)52-3/h4-17,35-40H,1-3H3. The van der Waals surface area contributed by atoms with Gasteiger partial charge in [-0.15, -0.1) is 0 Å². The zero-order valence-corrected chi connectivity index (χ0v) is 31.0. The lowest BCUT2D eigenvalue weighted by atomic mass is 10.1. The predicted molar refractivity (Wildman–Crippen MR) is 195 cm³/mol. The van der Waals surface area contributed by atoms with Crippen LogP contribution in [0.1, 0.15) is 31.1 Å².